The molecule has 1 N–H and O–H groups in total. The van der Waals surface area contributed by atoms with Crippen molar-refractivity contribution in [1.29, 1.82) is 0 Å². The fourth-order valence-electron chi connectivity index (χ4n) is 1.79. The summed E-state index contributed by atoms with van der Waals surface area (Å²) in [6, 6.07) is 8.23. The minimum absolute atomic E-state index is 0.642. The minimum Gasteiger partial charge on any atom is -0.310 e. The normalized spacial score (nSPS) is 11.2. The Morgan fingerprint density at radius 1 is 1.37 bits per heavy atom. The predicted octanol–water partition coefficient (Wildman–Crippen LogP) is 2.83. The van der Waals surface area contributed by atoms with Gasteiger partial charge in [0.25, 0.3) is 0 Å². The summed E-state index contributed by atoms with van der Waals surface area (Å²) in [5.74, 6) is 1.49. The van der Waals surface area contributed by atoms with Crippen molar-refractivity contribution in [2.24, 2.45) is 5.92 Å². The van der Waals surface area contributed by atoms with Crippen LogP contribution in [0.3, 0.4) is 0 Å². The maximum absolute atomic E-state index is 4.46. The summed E-state index contributed by atoms with van der Waals surface area (Å²) in [5.41, 5.74) is 1.21. The lowest BCUT2D eigenvalue weighted by Crippen LogP contribution is -2.19. The maximum Gasteiger partial charge on any atom is 0.164 e. The molecule has 0 saturated heterocycles. The highest BCUT2D eigenvalue weighted by molar-refractivity contribution is 9.10. The van der Waals surface area contributed by atoms with E-state index in [1.165, 1.54) is 5.56 Å². The Labute approximate surface area is 122 Å². The van der Waals surface area contributed by atoms with E-state index in [2.05, 4.69) is 57.3 Å². The molecular formula is C14H19BrN4. The number of halogens is 1. The highest BCUT2D eigenvalue weighted by atomic mass is 79.9. The second-order valence-electron chi connectivity index (χ2n) is 5.01. The molecule has 1 aromatic heterocycles. The van der Waals surface area contributed by atoms with Gasteiger partial charge in [-0.3, -0.25) is 0 Å². The van der Waals surface area contributed by atoms with Crippen LogP contribution in [0.25, 0.3) is 0 Å². The number of hydrogen-bond acceptors (Lipinski definition) is 3. The number of nitrogens with one attached hydrogen (secondary N) is 1. The molecule has 0 aliphatic rings. The molecule has 19 heavy (non-hydrogen) atoms. The zero-order valence-electron chi connectivity index (χ0n) is 11.3. The number of hydrogen-bond donors (Lipinski definition) is 1. The van der Waals surface area contributed by atoms with Gasteiger partial charge in [-0.25, -0.2) is 9.67 Å². The van der Waals surface area contributed by atoms with Crippen LogP contribution in [0, 0.1) is 5.92 Å². The van der Waals surface area contributed by atoms with Crippen molar-refractivity contribution in [3.8, 4) is 0 Å². The molecular weight excluding hydrogens is 304 g/mol. The third-order valence-corrected chi connectivity index (χ3v) is 3.15. The quantitative estimate of drug-likeness (QED) is 0.889. The van der Waals surface area contributed by atoms with Gasteiger partial charge in [-0.2, -0.15) is 5.10 Å². The first kappa shape index (κ1) is 14.2. The van der Waals surface area contributed by atoms with Crippen molar-refractivity contribution in [3.63, 3.8) is 0 Å². The van der Waals surface area contributed by atoms with Crippen molar-refractivity contribution in [2.45, 2.75) is 26.9 Å². The molecule has 0 amide bonds. The van der Waals surface area contributed by atoms with Crippen LogP contribution in [0.1, 0.15) is 25.2 Å². The summed E-state index contributed by atoms with van der Waals surface area (Å²) in [6.07, 6.45) is 1.79. The van der Waals surface area contributed by atoms with E-state index in [0.29, 0.717) is 5.92 Å². The molecule has 0 atom stereocenters. The van der Waals surface area contributed by atoms with Gasteiger partial charge in [0.1, 0.15) is 6.33 Å². The van der Waals surface area contributed by atoms with Crippen LogP contribution in [-0.2, 0) is 13.1 Å². The van der Waals surface area contributed by atoms with E-state index in [0.717, 1.165) is 29.9 Å². The summed E-state index contributed by atoms with van der Waals surface area (Å²) >= 11 is 3.47. The Morgan fingerprint density at radius 2 is 2.21 bits per heavy atom. The van der Waals surface area contributed by atoms with Crippen LogP contribution in [0.2, 0.25) is 0 Å². The summed E-state index contributed by atoms with van der Waals surface area (Å²) in [4.78, 5) is 4.31. The largest absolute Gasteiger partial charge is 0.310 e. The molecule has 5 heteroatoms. The fraction of sp³-hybridized carbons (Fsp3) is 0.429. The molecule has 0 saturated carbocycles. The Hall–Kier alpha value is -1.20. The molecule has 2 rings (SSSR count). The lowest BCUT2D eigenvalue weighted by Gasteiger charge is -2.04. The van der Waals surface area contributed by atoms with Crippen molar-refractivity contribution < 1.29 is 0 Å². The third-order valence-electron chi connectivity index (χ3n) is 2.65. The average molecular weight is 323 g/mol. The summed E-state index contributed by atoms with van der Waals surface area (Å²) in [7, 11) is 0. The van der Waals surface area contributed by atoms with Gasteiger partial charge in [0.05, 0.1) is 13.1 Å². The fourth-order valence-corrected chi connectivity index (χ4v) is 2.23. The van der Waals surface area contributed by atoms with Gasteiger partial charge in [0.15, 0.2) is 5.82 Å². The third kappa shape index (κ3) is 4.76. The predicted molar refractivity (Wildman–Crippen MR) is 79.8 cm³/mol. The summed E-state index contributed by atoms with van der Waals surface area (Å²) < 4.78 is 2.96. The van der Waals surface area contributed by atoms with E-state index in [9.17, 15) is 0 Å². The van der Waals surface area contributed by atoms with E-state index in [-0.39, 0.29) is 0 Å². The first-order valence-corrected chi connectivity index (χ1v) is 7.26. The topological polar surface area (TPSA) is 42.7 Å². The van der Waals surface area contributed by atoms with Crippen LogP contribution in [-0.4, -0.2) is 21.3 Å². The number of benzene rings is 1. The molecule has 1 aromatic carbocycles. The SMILES string of the molecule is CC(C)CNCc1ncn(Cc2cccc(Br)c2)n1. The first-order chi connectivity index (χ1) is 9.13. The molecule has 4 nitrogen and oxygen atoms in total. The van der Waals surface area contributed by atoms with Gasteiger partial charge >= 0.3 is 0 Å². The Kier molecular flexibility index (Phi) is 5.10. The lowest BCUT2D eigenvalue weighted by molar-refractivity contribution is 0.539. The lowest BCUT2D eigenvalue weighted by atomic mass is 10.2. The number of aromatic nitrogens is 3. The highest BCUT2D eigenvalue weighted by Crippen LogP contribution is 2.12. The zero-order chi connectivity index (χ0) is 13.7. The molecule has 0 spiro atoms. The molecule has 2 aromatic rings. The summed E-state index contributed by atoms with van der Waals surface area (Å²) in [5, 5.41) is 7.80. The molecule has 1 heterocycles. The standard InChI is InChI=1S/C14H19BrN4/c1-11(2)7-16-8-14-17-10-19(18-14)9-12-4-3-5-13(15)6-12/h3-6,10-11,16H,7-9H2,1-2H3. The van der Waals surface area contributed by atoms with Crippen LogP contribution in [0.15, 0.2) is 35.1 Å². The van der Waals surface area contributed by atoms with Crippen molar-refractivity contribution in [1.82, 2.24) is 20.1 Å². The van der Waals surface area contributed by atoms with E-state index in [4.69, 9.17) is 0 Å². The van der Waals surface area contributed by atoms with Crippen LogP contribution in [0.5, 0.6) is 0 Å². The Morgan fingerprint density at radius 3 is 2.95 bits per heavy atom. The van der Waals surface area contributed by atoms with Crippen molar-refractivity contribution in [3.05, 3.63) is 46.5 Å². The second-order valence-corrected chi connectivity index (χ2v) is 5.93. The zero-order valence-corrected chi connectivity index (χ0v) is 12.9. The van der Waals surface area contributed by atoms with Gasteiger partial charge in [-0.1, -0.05) is 41.9 Å². The van der Waals surface area contributed by atoms with Crippen LogP contribution in [0.4, 0.5) is 0 Å². The van der Waals surface area contributed by atoms with Gasteiger partial charge < -0.3 is 5.32 Å². The van der Waals surface area contributed by atoms with E-state index < -0.39 is 0 Å². The van der Waals surface area contributed by atoms with Crippen molar-refractivity contribution >= 4 is 15.9 Å². The smallest absolute Gasteiger partial charge is 0.164 e. The molecule has 0 aliphatic carbocycles. The average Bonchev–Trinajstić information content (AvgIpc) is 2.76. The van der Waals surface area contributed by atoms with Gasteiger partial charge in [-0.05, 0) is 30.2 Å². The Bertz CT molecular complexity index is 522. The van der Waals surface area contributed by atoms with Gasteiger partial charge in [0.2, 0.25) is 0 Å². The molecule has 0 aliphatic heterocycles. The maximum atomic E-state index is 4.46. The molecule has 0 fully saturated rings. The van der Waals surface area contributed by atoms with Gasteiger partial charge in [-0.15, -0.1) is 0 Å². The van der Waals surface area contributed by atoms with Crippen LogP contribution < -0.4 is 5.32 Å². The van der Waals surface area contributed by atoms with Crippen LogP contribution >= 0.6 is 15.9 Å². The van der Waals surface area contributed by atoms with E-state index in [1.54, 1.807) is 6.33 Å². The monoisotopic (exact) mass is 322 g/mol. The molecule has 0 unspecified atom stereocenters. The number of nitrogens with zero attached hydrogens (tertiary/aromatic N) is 3. The van der Waals surface area contributed by atoms with E-state index in [1.807, 2.05) is 16.8 Å². The van der Waals surface area contributed by atoms with Gasteiger partial charge in [0, 0.05) is 4.47 Å². The van der Waals surface area contributed by atoms with E-state index >= 15 is 0 Å². The first-order valence-electron chi connectivity index (χ1n) is 6.47. The molecule has 0 bridgehead atoms. The summed E-state index contributed by atoms with van der Waals surface area (Å²) in [6.45, 7) is 6.83. The molecule has 0 radical (unpaired) electrons. The van der Waals surface area contributed by atoms with Crippen molar-refractivity contribution in [2.75, 3.05) is 6.54 Å². The molecule has 102 valence electrons. The highest BCUT2D eigenvalue weighted by Gasteiger charge is 2.02. The Balaban J connectivity index is 1.90. The minimum atomic E-state index is 0.642. The second kappa shape index (κ2) is 6.82. The number of rotatable bonds is 6.